The van der Waals surface area contributed by atoms with Gasteiger partial charge in [0.15, 0.2) is 10.6 Å². The van der Waals surface area contributed by atoms with Crippen molar-refractivity contribution in [2.45, 2.75) is 36.9 Å². The molecule has 1 saturated heterocycles. The second-order valence-electron chi connectivity index (χ2n) is 8.85. The number of hydrogen-bond donors (Lipinski definition) is 0. The van der Waals surface area contributed by atoms with Gasteiger partial charge in [-0.2, -0.15) is 0 Å². The summed E-state index contributed by atoms with van der Waals surface area (Å²) in [4.78, 5) is 30.0. The highest BCUT2D eigenvalue weighted by Gasteiger charge is 2.64. The highest BCUT2D eigenvalue weighted by molar-refractivity contribution is 8.02. The van der Waals surface area contributed by atoms with Crippen LogP contribution in [0.4, 0.5) is 5.69 Å². The summed E-state index contributed by atoms with van der Waals surface area (Å²) in [5.41, 5.74) is 3.70. The van der Waals surface area contributed by atoms with Crippen LogP contribution in [0.1, 0.15) is 41.1 Å². The van der Waals surface area contributed by atoms with Crippen LogP contribution < -0.4 is 4.90 Å². The van der Waals surface area contributed by atoms with Crippen LogP contribution in [-0.4, -0.2) is 28.0 Å². The van der Waals surface area contributed by atoms with Crippen LogP contribution in [0.25, 0.3) is 0 Å². The molecule has 1 aromatic heterocycles. The highest BCUT2D eigenvalue weighted by Crippen LogP contribution is 2.60. The van der Waals surface area contributed by atoms with Gasteiger partial charge in [0.25, 0.3) is 11.8 Å². The SMILES string of the molecule is Cc1ccccc1CN1C(=O)[C@]2(SC(C)(C)CN2C(=O)c2ccco2)c2cc(Cl)ccc21. The van der Waals surface area contributed by atoms with Crippen molar-refractivity contribution < 1.29 is 14.0 Å². The van der Waals surface area contributed by atoms with E-state index in [9.17, 15) is 9.59 Å². The van der Waals surface area contributed by atoms with Crippen molar-refractivity contribution in [3.8, 4) is 0 Å². The second kappa shape index (κ2) is 7.42. The zero-order valence-corrected chi connectivity index (χ0v) is 19.7. The maximum atomic E-state index is 14.2. The Hall–Kier alpha value is -2.70. The number of fused-ring (bicyclic) bond motifs is 2. The van der Waals surface area contributed by atoms with Gasteiger partial charge in [0.05, 0.1) is 18.5 Å². The molecule has 164 valence electrons. The molecule has 0 saturated carbocycles. The Labute approximate surface area is 196 Å². The van der Waals surface area contributed by atoms with Crippen molar-refractivity contribution in [3.05, 3.63) is 88.3 Å². The maximum Gasteiger partial charge on any atom is 0.291 e. The zero-order valence-electron chi connectivity index (χ0n) is 18.1. The van der Waals surface area contributed by atoms with Crippen LogP contribution in [-0.2, 0) is 16.2 Å². The van der Waals surface area contributed by atoms with Crippen LogP contribution in [0.5, 0.6) is 0 Å². The van der Waals surface area contributed by atoms with E-state index in [-0.39, 0.29) is 22.3 Å². The van der Waals surface area contributed by atoms with Gasteiger partial charge in [-0.05, 0) is 62.2 Å². The number of halogens is 1. The molecule has 32 heavy (non-hydrogen) atoms. The molecule has 2 aromatic carbocycles. The van der Waals surface area contributed by atoms with Crippen LogP contribution in [0, 0.1) is 6.92 Å². The van der Waals surface area contributed by atoms with Gasteiger partial charge in [0.2, 0.25) is 0 Å². The van der Waals surface area contributed by atoms with E-state index in [1.54, 1.807) is 28.0 Å². The minimum absolute atomic E-state index is 0.131. The van der Waals surface area contributed by atoms with E-state index in [2.05, 4.69) is 13.8 Å². The lowest BCUT2D eigenvalue weighted by Gasteiger charge is -2.32. The molecule has 1 atom stereocenters. The third-order valence-corrected chi connectivity index (χ3v) is 7.89. The maximum absolute atomic E-state index is 14.2. The minimum Gasteiger partial charge on any atom is -0.459 e. The third-order valence-electron chi connectivity index (χ3n) is 6.06. The number of furan rings is 1. The molecule has 1 fully saturated rings. The first-order valence-electron chi connectivity index (χ1n) is 10.5. The molecular weight excluding hydrogens is 444 g/mol. The number of carbonyl (C=O) groups is 2. The zero-order chi connectivity index (χ0) is 22.7. The number of hydrogen-bond acceptors (Lipinski definition) is 4. The molecular formula is C25H23ClN2O3S. The van der Waals surface area contributed by atoms with Gasteiger partial charge in [0, 0.05) is 21.9 Å². The van der Waals surface area contributed by atoms with E-state index < -0.39 is 4.87 Å². The lowest BCUT2D eigenvalue weighted by Crippen LogP contribution is -2.50. The topological polar surface area (TPSA) is 53.8 Å². The first kappa shape index (κ1) is 21.2. The quantitative estimate of drug-likeness (QED) is 0.503. The number of thioether (sulfide) groups is 1. The van der Waals surface area contributed by atoms with Gasteiger partial charge in [0.1, 0.15) is 0 Å². The summed E-state index contributed by atoms with van der Waals surface area (Å²) in [5, 5.41) is 0.532. The number of rotatable bonds is 3. The molecule has 0 unspecified atom stereocenters. The summed E-state index contributed by atoms with van der Waals surface area (Å²) in [7, 11) is 0. The minimum atomic E-state index is -1.20. The first-order valence-corrected chi connectivity index (χ1v) is 11.6. The summed E-state index contributed by atoms with van der Waals surface area (Å²) in [6, 6.07) is 16.8. The Balaban J connectivity index is 1.67. The predicted molar refractivity (Wildman–Crippen MR) is 127 cm³/mol. The molecule has 3 aromatic rings. The summed E-state index contributed by atoms with van der Waals surface area (Å²) in [5.74, 6) is -0.213. The Morgan fingerprint density at radius 2 is 1.94 bits per heavy atom. The average Bonchev–Trinajstić information content (AvgIpc) is 3.43. The summed E-state index contributed by atoms with van der Waals surface area (Å²) in [6.45, 7) is 6.97. The van der Waals surface area contributed by atoms with Crippen LogP contribution in [0.15, 0.2) is 65.3 Å². The largest absolute Gasteiger partial charge is 0.459 e. The summed E-state index contributed by atoms with van der Waals surface area (Å²) < 4.78 is 5.08. The van der Waals surface area contributed by atoms with Crippen molar-refractivity contribution in [2.75, 3.05) is 11.4 Å². The molecule has 7 heteroatoms. The number of carbonyl (C=O) groups excluding carboxylic acids is 2. The molecule has 5 nitrogen and oxygen atoms in total. The highest BCUT2D eigenvalue weighted by atomic mass is 35.5. The van der Waals surface area contributed by atoms with Crippen molar-refractivity contribution in [3.63, 3.8) is 0 Å². The molecule has 0 aliphatic carbocycles. The Kier molecular flexibility index (Phi) is 4.91. The summed E-state index contributed by atoms with van der Waals surface area (Å²) in [6.07, 6.45) is 1.47. The molecule has 0 N–H and O–H groups in total. The normalized spacial score (nSPS) is 21.4. The van der Waals surface area contributed by atoms with Crippen molar-refractivity contribution in [1.82, 2.24) is 4.90 Å². The smallest absolute Gasteiger partial charge is 0.291 e. The molecule has 2 amide bonds. The van der Waals surface area contributed by atoms with Crippen molar-refractivity contribution >= 4 is 40.9 Å². The number of amides is 2. The fraction of sp³-hybridized carbons (Fsp3) is 0.280. The van der Waals surface area contributed by atoms with E-state index in [1.807, 2.05) is 43.3 Å². The molecule has 3 heterocycles. The molecule has 2 aliphatic heterocycles. The molecule has 5 rings (SSSR count). The van der Waals surface area contributed by atoms with Crippen LogP contribution in [0.3, 0.4) is 0 Å². The lowest BCUT2D eigenvalue weighted by atomic mass is 10.0. The average molecular weight is 467 g/mol. The number of benzene rings is 2. The fourth-order valence-corrected chi connectivity index (χ4v) is 6.52. The fourth-order valence-electron chi connectivity index (χ4n) is 4.62. The Bertz CT molecular complexity index is 1220. The van der Waals surface area contributed by atoms with E-state index >= 15 is 0 Å². The van der Waals surface area contributed by atoms with E-state index in [0.717, 1.165) is 22.4 Å². The third kappa shape index (κ3) is 3.16. The lowest BCUT2D eigenvalue weighted by molar-refractivity contribution is -0.123. The van der Waals surface area contributed by atoms with Gasteiger partial charge in [-0.15, -0.1) is 11.8 Å². The van der Waals surface area contributed by atoms with E-state index in [1.165, 1.54) is 18.0 Å². The van der Waals surface area contributed by atoms with Gasteiger partial charge in [-0.25, -0.2) is 0 Å². The van der Waals surface area contributed by atoms with Gasteiger partial charge < -0.3 is 14.2 Å². The molecule has 2 aliphatic rings. The first-order chi connectivity index (χ1) is 15.2. The second-order valence-corrected chi connectivity index (χ2v) is 11.2. The van der Waals surface area contributed by atoms with Gasteiger partial charge in [-0.1, -0.05) is 35.9 Å². The van der Waals surface area contributed by atoms with Gasteiger partial charge in [-0.3, -0.25) is 9.59 Å². The van der Waals surface area contributed by atoms with Crippen LogP contribution >= 0.6 is 23.4 Å². The van der Waals surface area contributed by atoms with Crippen molar-refractivity contribution in [2.24, 2.45) is 0 Å². The number of anilines is 1. The molecule has 0 radical (unpaired) electrons. The van der Waals surface area contributed by atoms with Gasteiger partial charge >= 0.3 is 0 Å². The van der Waals surface area contributed by atoms with E-state index in [0.29, 0.717) is 18.1 Å². The summed E-state index contributed by atoms with van der Waals surface area (Å²) >= 11 is 7.91. The molecule has 1 spiro atoms. The Morgan fingerprint density at radius 1 is 1.16 bits per heavy atom. The van der Waals surface area contributed by atoms with Crippen molar-refractivity contribution in [1.29, 1.82) is 0 Å². The standard InChI is InChI=1S/C25H23ClN2O3S/c1-16-7-4-5-8-17(16)14-27-20-11-10-18(26)13-19(20)25(23(27)30)28(15-24(2,3)32-25)22(29)21-9-6-12-31-21/h4-13H,14-15H2,1-3H3/t25-/m1/s1. The number of nitrogens with zero attached hydrogens (tertiary/aromatic N) is 2. The molecule has 0 bridgehead atoms. The van der Waals surface area contributed by atoms with Crippen LogP contribution in [0.2, 0.25) is 5.02 Å². The predicted octanol–water partition coefficient (Wildman–Crippen LogP) is 5.61. The monoisotopic (exact) mass is 466 g/mol. The number of aryl methyl sites for hydroxylation is 1. The Morgan fingerprint density at radius 3 is 2.66 bits per heavy atom. The van der Waals surface area contributed by atoms with E-state index in [4.69, 9.17) is 16.0 Å².